The number of aromatic nitrogens is 2. The molecule has 29 heavy (non-hydrogen) atoms. The minimum absolute atomic E-state index is 0.239. The molecule has 0 aliphatic carbocycles. The van der Waals surface area contributed by atoms with Crippen LogP contribution in [0, 0.1) is 11.6 Å². The number of hydrogen-bond donors (Lipinski definition) is 0. The van der Waals surface area contributed by atoms with Crippen LogP contribution in [-0.2, 0) is 0 Å². The van der Waals surface area contributed by atoms with Gasteiger partial charge in [0.1, 0.15) is 17.3 Å². The van der Waals surface area contributed by atoms with Crippen LogP contribution in [0.4, 0.5) is 22.0 Å². The van der Waals surface area contributed by atoms with Gasteiger partial charge in [-0.15, -0.1) is 0 Å². The molecule has 1 unspecified atom stereocenters. The molecule has 7 heteroatoms. The van der Waals surface area contributed by atoms with Crippen LogP contribution in [0.3, 0.4) is 0 Å². The van der Waals surface area contributed by atoms with Crippen LogP contribution in [0.1, 0.15) is 18.4 Å². The molecule has 0 N–H and O–H groups in total. The highest BCUT2D eigenvalue weighted by molar-refractivity contribution is 6.13. The van der Waals surface area contributed by atoms with E-state index < -0.39 is 29.3 Å². The van der Waals surface area contributed by atoms with Gasteiger partial charge in [0, 0.05) is 22.4 Å². The fourth-order valence-electron chi connectivity index (χ4n) is 3.88. The van der Waals surface area contributed by atoms with Gasteiger partial charge in [-0.3, -0.25) is 4.40 Å². The molecule has 0 aliphatic rings. The fourth-order valence-corrected chi connectivity index (χ4v) is 3.88. The first-order valence-corrected chi connectivity index (χ1v) is 8.94. The Morgan fingerprint density at radius 2 is 1.62 bits per heavy atom. The van der Waals surface area contributed by atoms with Crippen molar-refractivity contribution in [2.75, 3.05) is 0 Å². The highest BCUT2D eigenvalue weighted by Gasteiger charge is 2.38. The molecule has 5 rings (SSSR count). The number of alkyl halides is 3. The molecular formula is C22H13F5N2. The Bertz CT molecular complexity index is 1430. The van der Waals surface area contributed by atoms with E-state index in [0.29, 0.717) is 27.5 Å². The van der Waals surface area contributed by atoms with Crippen LogP contribution in [0.25, 0.3) is 38.4 Å². The predicted octanol–water partition coefficient (Wildman–Crippen LogP) is 6.74. The Labute approximate surface area is 161 Å². The zero-order valence-corrected chi connectivity index (χ0v) is 15.1. The fraction of sp³-hybridized carbons (Fsp3) is 0.136. The van der Waals surface area contributed by atoms with Gasteiger partial charge in [0.2, 0.25) is 0 Å². The lowest BCUT2D eigenvalue weighted by molar-refractivity contribution is -0.146. The number of hydrogen-bond acceptors (Lipinski definition) is 1. The topological polar surface area (TPSA) is 17.3 Å². The third-order valence-corrected chi connectivity index (χ3v) is 5.39. The number of fused-ring (bicyclic) bond motifs is 8. The summed E-state index contributed by atoms with van der Waals surface area (Å²) in [5.74, 6) is -3.32. The number of para-hydroxylation sites is 1. The molecule has 0 fully saturated rings. The Balaban J connectivity index is 1.99. The summed E-state index contributed by atoms with van der Waals surface area (Å²) in [4.78, 5) is 4.47. The van der Waals surface area contributed by atoms with Crippen LogP contribution < -0.4 is 0 Å². The monoisotopic (exact) mass is 400 g/mol. The van der Waals surface area contributed by atoms with Gasteiger partial charge in [0.15, 0.2) is 0 Å². The molecule has 3 aromatic carbocycles. The second kappa shape index (κ2) is 5.89. The van der Waals surface area contributed by atoms with Gasteiger partial charge in [-0.05, 0) is 42.6 Å². The van der Waals surface area contributed by atoms with E-state index >= 15 is 0 Å². The number of imidazole rings is 1. The van der Waals surface area contributed by atoms with Crippen molar-refractivity contribution < 1.29 is 22.0 Å². The van der Waals surface area contributed by atoms with Crippen molar-refractivity contribution in [1.29, 1.82) is 0 Å². The highest BCUT2D eigenvalue weighted by atomic mass is 19.4. The Hall–Kier alpha value is -3.22. The Kier molecular flexibility index (Phi) is 3.62. The molecule has 2 aromatic heterocycles. The zero-order chi connectivity index (χ0) is 20.5. The molecule has 146 valence electrons. The molecule has 0 spiro atoms. The SMILES string of the molecule is CC(c1cc2c(cc1F)nc1c3ccc(F)cc3c3ccccc3n21)C(F)(F)F. The maximum atomic E-state index is 14.5. The van der Waals surface area contributed by atoms with E-state index in [-0.39, 0.29) is 5.52 Å². The molecule has 0 aliphatic heterocycles. The molecule has 0 saturated heterocycles. The van der Waals surface area contributed by atoms with Crippen LogP contribution >= 0.6 is 0 Å². The zero-order valence-electron chi connectivity index (χ0n) is 15.1. The average molecular weight is 400 g/mol. The van der Waals surface area contributed by atoms with Gasteiger partial charge in [-0.1, -0.05) is 18.2 Å². The average Bonchev–Trinajstić information content (AvgIpc) is 3.04. The van der Waals surface area contributed by atoms with E-state index in [4.69, 9.17) is 0 Å². The van der Waals surface area contributed by atoms with Gasteiger partial charge >= 0.3 is 6.18 Å². The summed E-state index contributed by atoms with van der Waals surface area (Å²) in [5.41, 5.74) is 1.26. The van der Waals surface area contributed by atoms with Gasteiger partial charge in [0.25, 0.3) is 0 Å². The first kappa shape index (κ1) is 17.8. The summed E-state index contributed by atoms with van der Waals surface area (Å²) in [5, 5.41) is 1.99. The quantitative estimate of drug-likeness (QED) is 0.225. The maximum Gasteiger partial charge on any atom is 0.395 e. The van der Waals surface area contributed by atoms with Crippen molar-refractivity contribution in [3.63, 3.8) is 0 Å². The van der Waals surface area contributed by atoms with Gasteiger partial charge < -0.3 is 0 Å². The number of halogens is 5. The molecule has 0 radical (unpaired) electrons. The summed E-state index contributed by atoms with van der Waals surface area (Å²) < 4.78 is 69.8. The summed E-state index contributed by atoms with van der Waals surface area (Å²) in [6.45, 7) is 0.934. The number of nitrogens with zero attached hydrogens (tertiary/aromatic N) is 2. The van der Waals surface area contributed by atoms with Crippen molar-refractivity contribution in [2.45, 2.75) is 19.0 Å². The van der Waals surface area contributed by atoms with E-state index in [1.165, 1.54) is 18.2 Å². The van der Waals surface area contributed by atoms with Crippen LogP contribution in [0.15, 0.2) is 54.6 Å². The second-order valence-electron chi connectivity index (χ2n) is 7.10. The summed E-state index contributed by atoms with van der Waals surface area (Å²) in [6.07, 6.45) is -4.57. The van der Waals surface area contributed by atoms with Crippen LogP contribution in [-0.4, -0.2) is 15.6 Å². The van der Waals surface area contributed by atoms with E-state index in [9.17, 15) is 22.0 Å². The van der Waals surface area contributed by atoms with E-state index in [0.717, 1.165) is 18.4 Å². The molecule has 0 bridgehead atoms. The number of rotatable bonds is 1. The van der Waals surface area contributed by atoms with Gasteiger partial charge in [-0.2, -0.15) is 13.2 Å². The largest absolute Gasteiger partial charge is 0.395 e. The first-order chi connectivity index (χ1) is 13.8. The van der Waals surface area contributed by atoms with Crippen LogP contribution in [0.2, 0.25) is 0 Å². The summed E-state index contributed by atoms with van der Waals surface area (Å²) in [7, 11) is 0. The molecular weight excluding hydrogens is 387 g/mol. The lowest BCUT2D eigenvalue weighted by Gasteiger charge is -2.16. The number of pyridine rings is 1. The van der Waals surface area contributed by atoms with Crippen molar-refractivity contribution >= 4 is 38.4 Å². The van der Waals surface area contributed by atoms with Crippen LogP contribution in [0.5, 0.6) is 0 Å². The smallest absolute Gasteiger partial charge is 0.292 e. The van der Waals surface area contributed by atoms with E-state index in [2.05, 4.69) is 4.98 Å². The van der Waals surface area contributed by atoms with Gasteiger partial charge in [-0.25, -0.2) is 13.8 Å². The molecule has 5 aromatic rings. The summed E-state index contributed by atoms with van der Waals surface area (Å²) in [6, 6.07) is 13.7. The third kappa shape index (κ3) is 2.57. The third-order valence-electron chi connectivity index (χ3n) is 5.39. The Morgan fingerprint density at radius 3 is 2.38 bits per heavy atom. The molecule has 1 atom stereocenters. The first-order valence-electron chi connectivity index (χ1n) is 8.94. The van der Waals surface area contributed by atoms with E-state index in [1.807, 2.05) is 6.07 Å². The molecule has 2 heterocycles. The number of benzene rings is 3. The summed E-state index contributed by atoms with van der Waals surface area (Å²) >= 11 is 0. The molecule has 0 amide bonds. The highest BCUT2D eigenvalue weighted by Crippen LogP contribution is 2.38. The van der Waals surface area contributed by atoms with Crippen molar-refractivity contribution in [2.24, 2.45) is 0 Å². The lowest BCUT2D eigenvalue weighted by Crippen LogP contribution is -2.18. The molecule has 2 nitrogen and oxygen atoms in total. The second-order valence-corrected chi connectivity index (χ2v) is 7.10. The Morgan fingerprint density at radius 1 is 0.862 bits per heavy atom. The minimum atomic E-state index is -4.57. The standard InChI is InChI=1S/C22H13F5N2/c1-11(22(25,26)27)15-9-20-18(10-17(15)24)28-21-14-7-6-12(23)8-16(14)13-4-2-3-5-19(13)29(20)21/h2-11H,1H3. The van der Waals surface area contributed by atoms with Gasteiger partial charge in [0.05, 0.1) is 22.5 Å². The maximum absolute atomic E-state index is 14.5. The van der Waals surface area contributed by atoms with Crippen molar-refractivity contribution in [3.05, 3.63) is 71.8 Å². The normalized spacial score (nSPS) is 13.7. The molecule has 0 saturated carbocycles. The lowest BCUT2D eigenvalue weighted by atomic mass is 9.99. The minimum Gasteiger partial charge on any atom is -0.292 e. The van der Waals surface area contributed by atoms with Crippen molar-refractivity contribution in [1.82, 2.24) is 9.38 Å². The van der Waals surface area contributed by atoms with E-state index in [1.54, 1.807) is 28.7 Å². The van der Waals surface area contributed by atoms with Crippen molar-refractivity contribution in [3.8, 4) is 0 Å². The predicted molar refractivity (Wildman–Crippen MR) is 102 cm³/mol.